The zero-order valence-electron chi connectivity index (χ0n) is 17.2. The molecule has 1 amide bonds. The van der Waals surface area contributed by atoms with Crippen LogP contribution < -0.4 is 0 Å². The Kier molecular flexibility index (Phi) is 6.40. The number of nitrogens with zero attached hydrogens (tertiary/aromatic N) is 5. The summed E-state index contributed by atoms with van der Waals surface area (Å²) >= 11 is 1.41. The number of hydrogen-bond donors (Lipinski definition) is 0. The first kappa shape index (κ1) is 20.1. The fourth-order valence-corrected chi connectivity index (χ4v) is 4.77. The molecule has 0 aromatic carbocycles. The first-order valence-electron chi connectivity index (χ1n) is 10.0. The van der Waals surface area contributed by atoms with Crippen molar-refractivity contribution in [2.45, 2.75) is 65.5 Å². The molecule has 148 valence electrons. The van der Waals surface area contributed by atoms with Crippen molar-refractivity contribution in [2.24, 2.45) is 11.8 Å². The fourth-order valence-electron chi connectivity index (χ4n) is 4.05. The number of thioether (sulfide) groups is 1. The predicted molar refractivity (Wildman–Crippen MR) is 109 cm³/mol. The molecule has 0 radical (unpaired) electrons. The molecule has 6 nitrogen and oxygen atoms in total. The maximum atomic E-state index is 12.6. The smallest absolute Gasteiger partial charge is 0.253 e. The molecular weight excluding hydrogens is 358 g/mol. The summed E-state index contributed by atoms with van der Waals surface area (Å²) in [6.45, 7) is 12.5. The summed E-state index contributed by atoms with van der Waals surface area (Å²) < 4.78 is 1.83. The van der Waals surface area contributed by atoms with Crippen LogP contribution in [0.25, 0.3) is 5.78 Å². The van der Waals surface area contributed by atoms with Crippen LogP contribution in [-0.2, 0) is 11.2 Å². The third kappa shape index (κ3) is 4.62. The number of rotatable bonds is 6. The van der Waals surface area contributed by atoms with Crippen LogP contribution in [-0.4, -0.2) is 49.2 Å². The molecule has 1 aliphatic heterocycles. The summed E-state index contributed by atoms with van der Waals surface area (Å²) in [5.41, 5.74) is 3.40. The van der Waals surface area contributed by atoms with Crippen molar-refractivity contribution in [2.75, 3.05) is 18.8 Å². The number of amides is 1. The van der Waals surface area contributed by atoms with Crippen LogP contribution in [0.5, 0.6) is 0 Å². The summed E-state index contributed by atoms with van der Waals surface area (Å²) in [4.78, 5) is 23.8. The van der Waals surface area contributed by atoms with E-state index in [9.17, 15) is 4.79 Å². The average Bonchev–Trinajstić information content (AvgIpc) is 3.01. The van der Waals surface area contributed by atoms with Gasteiger partial charge >= 0.3 is 0 Å². The van der Waals surface area contributed by atoms with E-state index in [1.807, 2.05) is 16.3 Å². The van der Waals surface area contributed by atoms with Gasteiger partial charge in [-0.15, -0.1) is 5.10 Å². The van der Waals surface area contributed by atoms with Crippen LogP contribution in [0.3, 0.4) is 0 Å². The van der Waals surface area contributed by atoms with Crippen molar-refractivity contribution in [1.29, 1.82) is 0 Å². The molecule has 0 saturated carbocycles. The van der Waals surface area contributed by atoms with Gasteiger partial charge in [0.2, 0.25) is 11.1 Å². The lowest BCUT2D eigenvalue weighted by atomic mass is 9.92. The second kappa shape index (κ2) is 8.59. The van der Waals surface area contributed by atoms with Gasteiger partial charge in [0, 0.05) is 24.5 Å². The Bertz CT molecular complexity index is 808. The first-order chi connectivity index (χ1) is 12.9. The average molecular weight is 390 g/mol. The molecule has 2 atom stereocenters. The molecule has 0 N–H and O–H groups in total. The minimum absolute atomic E-state index is 0.182. The van der Waals surface area contributed by atoms with Crippen molar-refractivity contribution >= 4 is 23.4 Å². The molecule has 7 heteroatoms. The molecule has 1 fully saturated rings. The van der Waals surface area contributed by atoms with Crippen molar-refractivity contribution in [3.05, 3.63) is 17.0 Å². The van der Waals surface area contributed by atoms with Crippen molar-refractivity contribution in [3.63, 3.8) is 0 Å². The molecule has 2 aromatic heterocycles. The maximum absolute atomic E-state index is 12.6. The number of aromatic nitrogens is 4. The molecule has 2 unspecified atom stereocenters. The number of hydrogen-bond acceptors (Lipinski definition) is 5. The lowest BCUT2D eigenvalue weighted by Gasteiger charge is -2.34. The molecule has 2 aromatic rings. The number of unbranched alkanes of at least 4 members (excludes halogenated alkanes) is 1. The van der Waals surface area contributed by atoms with E-state index in [0.717, 1.165) is 43.7 Å². The van der Waals surface area contributed by atoms with Crippen molar-refractivity contribution in [3.8, 4) is 0 Å². The number of aryl methyl sites for hydroxylation is 2. The Morgan fingerprint density at radius 2 is 1.89 bits per heavy atom. The molecule has 3 rings (SSSR count). The van der Waals surface area contributed by atoms with Gasteiger partial charge in [0.05, 0.1) is 5.75 Å². The monoisotopic (exact) mass is 389 g/mol. The van der Waals surface area contributed by atoms with E-state index in [4.69, 9.17) is 0 Å². The van der Waals surface area contributed by atoms with E-state index in [2.05, 4.69) is 42.8 Å². The van der Waals surface area contributed by atoms with Gasteiger partial charge in [-0.2, -0.15) is 4.98 Å². The third-order valence-electron chi connectivity index (χ3n) is 5.36. The molecule has 3 heterocycles. The number of fused-ring (bicyclic) bond motifs is 1. The van der Waals surface area contributed by atoms with Crippen molar-refractivity contribution in [1.82, 2.24) is 24.5 Å². The van der Waals surface area contributed by atoms with Gasteiger partial charge in [-0.3, -0.25) is 4.79 Å². The van der Waals surface area contributed by atoms with Gasteiger partial charge in [0.1, 0.15) is 0 Å². The second-order valence-corrected chi connectivity index (χ2v) is 8.95. The van der Waals surface area contributed by atoms with Crippen molar-refractivity contribution < 1.29 is 4.79 Å². The van der Waals surface area contributed by atoms with E-state index in [1.165, 1.54) is 23.7 Å². The van der Waals surface area contributed by atoms with Crippen LogP contribution in [0.2, 0.25) is 0 Å². The number of likely N-dealkylation sites (tertiary alicyclic amines) is 1. The molecule has 0 aliphatic carbocycles. The molecule has 0 bridgehead atoms. The van der Waals surface area contributed by atoms with Gasteiger partial charge in [0.15, 0.2) is 0 Å². The predicted octanol–water partition coefficient (Wildman–Crippen LogP) is 3.68. The van der Waals surface area contributed by atoms with Gasteiger partial charge in [-0.25, -0.2) is 9.50 Å². The number of piperidine rings is 1. The van der Waals surface area contributed by atoms with E-state index in [1.54, 1.807) is 0 Å². The maximum Gasteiger partial charge on any atom is 0.253 e. The van der Waals surface area contributed by atoms with Crippen LogP contribution in [0, 0.1) is 25.7 Å². The standard InChI is InChI=1S/C20H31N5OS/c1-6-7-8-17-15(4)21-19-22-20(23-25(19)16(17)5)27-12-18(26)24-10-13(2)9-14(3)11-24/h13-14H,6-12H2,1-5H3. The normalized spacial score (nSPS) is 20.4. The van der Waals surface area contributed by atoms with Crippen LogP contribution in [0.15, 0.2) is 5.16 Å². The van der Waals surface area contributed by atoms with Crippen LogP contribution in [0.4, 0.5) is 0 Å². The van der Waals surface area contributed by atoms with Crippen LogP contribution in [0.1, 0.15) is 57.0 Å². The third-order valence-corrected chi connectivity index (χ3v) is 6.18. The summed E-state index contributed by atoms with van der Waals surface area (Å²) in [5.74, 6) is 2.35. The largest absolute Gasteiger partial charge is 0.341 e. The van der Waals surface area contributed by atoms with Gasteiger partial charge in [-0.1, -0.05) is 39.0 Å². The summed E-state index contributed by atoms with van der Waals surface area (Å²) in [6, 6.07) is 0. The Balaban J connectivity index is 1.70. The highest BCUT2D eigenvalue weighted by atomic mass is 32.2. The Morgan fingerprint density at radius 3 is 2.56 bits per heavy atom. The van der Waals surface area contributed by atoms with E-state index < -0.39 is 0 Å². The molecule has 0 spiro atoms. The van der Waals surface area contributed by atoms with Gasteiger partial charge in [-0.05, 0) is 50.5 Å². The zero-order chi connectivity index (χ0) is 19.6. The number of carbonyl (C=O) groups is 1. The van der Waals surface area contributed by atoms with Crippen LogP contribution >= 0.6 is 11.8 Å². The molecule has 1 saturated heterocycles. The topological polar surface area (TPSA) is 63.4 Å². The number of carbonyl (C=O) groups excluding carboxylic acids is 1. The second-order valence-electron chi connectivity index (χ2n) is 8.00. The Hall–Kier alpha value is -1.63. The highest BCUT2D eigenvalue weighted by molar-refractivity contribution is 7.99. The summed E-state index contributed by atoms with van der Waals surface area (Å²) in [5, 5.41) is 5.23. The minimum atomic E-state index is 0.182. The lowest BCUT2D eigenvalue weighted by molar-refractivity contribution is -0.130. The van der Waals surface area contributed by atoms with Gasteiger partial charge in [0.25, 0.3) is 5.78 Å². The van der Waals surface area contributed by atoms with E-state index in [0.29, 0.717) is 28.5 Å². The Morgan fingerprint density at radius 1 is 1.19 bits per heavy atom. The molecule has 27 heavy (non-hydrogen) atoms. The summed E-state index contributed by atoms with van der Waals surface area (Å²) in [6.07, 6.45) is 4.52. The lowest BCUT2D eigenvalue weighted by Crippen LogP contribution is -2.43. The Labute approximate surface area is 166 Å². The first-order valence-corrected chi connectivity index (χ1v) is 11.0. The highest BCUT2D eigenvalue weighted by Gasteiger charge is 2.25. The van der Waals surface area contributed by atoms with E-state index in [-0.39, 0.29) is 5.91 Å². The molecule has 1 aliphatic rings. The quantitative estimate of drug-likeness (QED) is 0.705. The van der Waals surface area contributed by atoms with Gasteiger partial charge < -0.3 is 4.90 Å². The SMILES string of the molecule is CCCCc1c(C)nc2nc(SCC(=O)N3CC(C)CC(C)C3)nn2c1C. The highest BCUT2D eigenvalue weighted by Crippen LogP contribution is 2.23. The van der Waals surface area contributed by atoms with E-state index >= 15 is 0 Å². The fraction of sp³-hybridized carbons (Fsp3) is 0.700. The summed E-state index contributed by atoms with van der Waals surface area (Å²) in [7, 11) is 0. The zero-order valence-corrected chi connectivity index (χ0v) is 18.0. The minimum Gasteiger partial charge on any atom is -0.341 e. The molecular formula is C20H31N5OS.